The zero-order chi connectivity index (χ0) is 16.2. The van der Waals surface area contributed by atoms with E-state index in [0.717, 1.165) is 23.1 Å². The molecule has 1 aliphatic rings. The van der Waals surface area contributed by atoms with Crippen LogP contribution in [-0.2, 0) is 12.8 Å². The highest BCUT2D eigenvalue weighted by Gasteiger charge is 2.19. The predicted molar refractivity (Wildman–Crippen MR) is 96.4 cm³/mol. The Morgan fingerprint density at radius 1 is 1.22 bits per heavy atom. The maximum absolute atomic E-state index is 12.0. The molecule has 0 saturated heterocycles. The highest BCUT2D eigenvalue weighted by molar-refractivity contribution is 7.22. The average Bonchev–Trinajstić information content (AvgIpc) is 3.02. The van der Waals surface area contributed by atoms with Gasteiger partial charge in [0, 0.05) is 10.9 Å². The minimum atomic E-state index is -0.267. The lowest BCUT2D eigenvalue weighted by Crippen LogP contribution is -2.43. The molecule has 1 aromatic heterocycles. The van der Waals surface area contributed by atoms with E-state index < -0.39 is 0 Å². The minimum absolute atomic E-state index is 0.214. The molecule has 3 aromatic rings. The Kier molecular flexibility index (Phi) is 3.10. The maximum Gasteiger partial charge on any atom is 0.321 e. The molecule has 118 valence electrons. The molecule has 0 aliphatic heterocycles. The van der Waals surface area contributed by atoms with Gasteiger partial charge in [0.2, 0.25) is 0 Å². The number of nitrogens with zero attached hydrogens (tertiary/aromatic N) is 1. The molecule has 0 atom stereocenters. The highest BCUT2D eigenvalue weighted by Crippen LogP contribution is 2.38. The van der Waals surface area contributed by atoms with Crippen LogP contribution in [0.4, 0.5) is 9.93 Å². The lowest BCUT2D eigenvalue weighted by molar-refractivity contribution is 0.244. The molecule has 5 heteroatoms. The molecule has 1 heterocycles. The van der Waals surface area contributed by atoms with Crippen LogP contribution in [0.5, 0.6) is 0 Å². The summed E-state index contributed by atoms with van der Waals surface area (Å²) in [5.74, 6) is 0. The Balaban J connectivity index is 1.76. The number of anilines is 1. The zero-order valence-corrected chi connectivity index (χ0v) is 14.3. The first-order chi connectivity index (χ1) is 10.9. The standard InChI is InChI=1S/C18H19N3OS/c1-18(2,3)21-16(22)20-17-19-15-12-6-4-5-10-7-8-11(14(10)12)9-13(15)23-17/h4-6,9H,7-8H2,1-3H3,(H2,19,20,21,22). The van der Waals surface area contributed by atoms with Crippen molar-refractivity contribution in [2.45, 2.75) is 39.2 Å². The topological polar surface area (TPSA) is 54.0 Å². The zero-order valence-electron chi connectivity index (χ0n) is 13.5. The van der Waals surface area contributed by atoms with E-state index in [9.17, 15) is 4.79 Å². The molecule has 2 amide bonds. The maximum atomic E-state index is 12.0. The summed E-state index contributed by atoms with van der Waals surface area (Å²) >= 11 is 1.54. The Bertz CT molecular complexity index is 937. The molecule has 2 N–H and O–H groups in total. The van der Waals surface area contributed by atoms with E-state index in [-0.39, 0.29) is 11.6 Å². The monoisotopic (exact) mass is 325 g/mol. The largest absolute Gasteiger partial charge is 0.333 e. The predicted octanol–water partition coefficient (Wildman–Crippen LogP) is 4.47. The van der Waals surface area contributed by atoms with Crippen LogP contribution in [0.1, 0.15) is 31.9 Å². The van der Waals surface area contributed by atoms with Gasteiger partial charge in [-0.1, -0.05) is 29.5 Å². The van der Waals surface area contributed by atoms with E-state index in [0.29, 0.717) is 5.13 Å². The quantitative estimate of drug-likeness (QED) is 0.693. The second-order valence-corrected chi connectivity index (χ2v) is 8.10. The molecule has 0 unspecified atom stereocenters. The number of aromatic nitrogens is 1. The van der Waals surface area contributed by atoms with Crippen molar-refractivity contribution in [2.75, 3.05) is 5.32 Å². The number of amides is 2. The van der Waals surface area contributed by atoms with Gasteiger partial charge in [-0.05, 0) is 56.2 Å². The van der Waals surface area contributed by atoms with E-state index >= 15 is 0 Å². The van der Waals surface area contributed by atoms with Crippen molar-refractivity contribution >= 4 is 43.5 Å². The van der Waals surface area contributed by atoms with Crippen molar-refractivity contribution in [3.8, 4) is 0 Å². The number of hydrogen-bond donors (Lipinski definition) is 2. The molecular weight excluding hydrogens is 306 g/mol. The van der Waals surface area contributed by atoms with E-state index in [1.54, 1.807) is 0 Å². The Labute approximate surface area is 138 Å². The van der Waals surface area contributed by atoms with Crippen LogP contribution < -0.4 is 10.6 Å². The van der Waals surface area contributed by atoms with Crippen LogP contribution in [0, 0.1) is 0 Å². The minimum Gasteiger partial charge on any atom is -0.333 e. The van der Waals surface area contributed by atoms with E-state index in [2.05, 4.69) is 39.9 Å². The van der Waals surface area contributed by atoms with Crippen molar-refractivity contribution in [1.29, 1.82) is 0 Å². The number of urea groups is 1. The molecule has 0 saturated carbocycles. The molecule has 0 radical (unpaired) electrons. The summed E-state index contributed by atoms with van der Waals surface area (Å²) in [6.45, 7) is 5.87. The normalized spacial score (nSPS) is 13.7. The molecule has 1 aliphatic carbocycles. The molecule has 0 spiro atoms. The van der Waals surface area contributed by atoms with Gasteiger partial charge in [-0.15, -0.1) is 0 Å². The van der Waals surface area contributed by atoms with Gasteiger partial charge in [0.15, 0.2) is 5.13 Å². The number of carbonyl (C=O) groups is 1. The summed E-state index contributed by atoms with van der Waals surface area (Å²) in [5.41, 5.74) is 3.53. The smallest absolute Gasteiger partial charge is 0.321 e. The van der Waals surface area contributed by atoms with E-state index in [1.807, 2.05) is 20.8 Å². The Hall–Kier alpha value is -2.14. The SMILES string of the molecule is CC(C)(C)NC(=O)Nc1nc2c(cc3c4c(cccc42)CC3)s1. The first-order valence-electron chi connectivity index (χ1n) is 7.84. The summed E-state index contributed by atoms with van der Waals surface area (Å²) in [6.07, 6.45) is 2.21. The second-order valence-electron chi connectivity index (χ2n) is 7.07. The van der Waals surface area contributed by atoms with Crippen LogP contribution in [0.2, 0.25) is 0 Å². The fraction of sp³-hybridized carbons (Fsp3) is 0.333. The van der Waals surface area contributed by atoms with Crippen molar-refractivity contribution in [2.24, 2.45) is 0 Å². The molecule has 2 aromatic carbocycles. The van der Waals surface area contributed by atoms with Gasteiger partial charge in [0.1, 0.15) is 0 Å². The molecule has 0 fully saturated rings. The average molecular weight is 325 g/mol. The van der Waals surface area contributed by atoms with Crippen molar-refractivity contribution in [1.82, 2.24) is 10.3 Å². The number of carbonyl (C=O) groups excluding carboxylic acids is 1. The highest BCUT2D eigenvalue weighted by atomic mass is 32.1. The summed E-state index contributed by atoms with van der Waals surface area (Å²) < 4.78 is 1.14. The molecular formula is C18H19N3OS. The van der Waals surface area contributed by atoms with Gasteiger partial charge in [-0.2, -0.15) is 0 Å². The van der Waals surface area contributed by atoms with Gasteiger partial charge < -0.3 is 5.32 Å². The summed E-state index contributed by atoms with van der Waals surface area (Å²) in [7, 11) is 0. The summed E-state index contributed by atoms with van der Waals surface area (Å²) in [4.78, 5) is 16.7. The third kappa shape index (κ3) is 2.55. The molecule has 23 heavy (non-hydrogen) atoms. The van der Waals surface area contributed by atoms with Gasteiger partial charge >= 0.3 is 6.03 Å². The number of nitrogens with one attached hydrogen (secondary N) is 2. The fourth-order valence-electron chi connectivity index (χ4n) is 3.23. The number of benzene rings is 2. The Morgan fingerprint density at radius 3 is 2.78 bits per heavy atom. The van der Waals surface area contributed by atoms with Gasteiger partial charge in [0.25, 0.3) is 0 Å². The number of thiazole rings is 1. The van der Waals surface area contributed by atoms with Crippen molar-refractivity contribution in [3.63, 3.8) is 0 Å². The first kappa shape index (κ1) is 14.5. The summed E-state index contributed by atoms with van der Waals surface area (Å²) in [5, 5.41) is 8.96. The number of rotatable bonds is 1. The number of fused-ring (bicyclic) bond motifs is 2. The van der Waals surface area contributed by atoms with Crippen LogP contribution in [0.15, 0.2) is 24.3 Å². The van der Waals surface area contributed by atoms with E-state index in [4.69, 9.17) is 0 Å². The lowest BCUT2D eigenvalue weighted by atomic mass is 10.0. The Morgan fingerprint density at radius 2 is 2.00 bits per heavy atom. The van der Waals surface area contributed by atoms with E-state index in [1.165, 1.54) is 33.2 Å². The fourth-order valence-corrected chi connectivity index (χ4v) is 4.17. The van der Waals surface area contributed by atoms with Crippen molar-refractivity contribution in [3.05, 3.63) is 35.4 Å². The van der Waals surface area contributed by atoms with Crippen LogP contribution in [-0.4, -0.2) is 16.6 Å². The van der Waals surface area contributed by atoms with Crippen LogP contribution in [0.3, 0.4) is 0 Å². The van der Waals surface area contributed by atoms with Gasteiger partial charge in [-0.3, -0.25) is 5.32 Å². The molecule has 4 rings (SSSR count). The lowest BCUT2D eigenvalue weighted by Gasteiger charge is -2.19. The van der Waals surface area contributed by atoms with Gasteiger partial charge in [-0.25, -0.2) is 9.78 Å². The van der Waals surface area contributed by atoms with Crippen LogP contribution in [0.25, 0.3) is 21.0 Å². The molecule has 0 bridgehead atoms. The number of hydrogen-bond acceptors (Lipinski definition) is 3. The van der Waals surface area contributed by atoms with Crippen molar-refractivity contribution < 1.29 is 4.79 Å². The number of aryl methyl sites for hydroxylation is 2. The second kappa shape index (κ2) is 4.93. The van der Waals surface area contributed by atoms with Crippen LogP contribution >= 0.6 is 11.3 Å². The molecule has 4 nitrogen and oxygen atoms in total. The first-order valence-corrected chi connectivity index (χ1v) is 8.65. The third-order valence-electron chi connectivity index (χ3n) is 4.06. The third-order valence-corrected chi connectivity index (χ3v) is 4.98. The van der Waals surface area contributed by atoms with Gasteiger partial charge in [0.05, 0.1) is 10.2 Å². The summed E-state index contributed by atoms with van der Waals surface area (Å²) in [6, 6.07) is 8.46.